The number of nitrogens with zero attached hydrogens (tertiary/aromatic N) is 5. The van der Waals surface area contributed by atoms with Gasteiger partial charge in [0.2, 0.25) is 5.95 Å². The highest BCUT2D eigenvalue weighted by Gasteiger charge is 2.48. The van der Waals surface area contributed by atoms with Crippen molar-refractivity contribution in [2.45, 2.75) is 23.1 Å². The van der Waals surface area contributed by atoms with Gasteiger partial charge in [-0.25, -0.2) is 23.2 Å². The Morgan fingerprint density at radius 2 is 1.68 bits per heavy atom. The van der Waals surface area contributed by atoms with Gasteiger partial charge in [0.05, 0.1) is 16.7 Å². The van der Waals surface area contributed by atoms with E-state index in [1.54, 1.807) is 23.2 Å². The van der Waals surface area contributed by atoms with Crippen LogP contribution in [0, 0.1) is 0 Å². The van der Waals surface area contributed by atoms with Crippen molar-refractivity contribution in [2.75, 3.05) is 51.2 Å². The Kier molecular flexibility index (Phi) is 7.42. The minimum atomic E-state index is -5.08. The first-order chi connectivity index (χ1) is 17.4. The summed E-state index contributed by atoms with van der Waals surface area (Å²) in [5.74, 6) is -2.59. The number of anilines is 1. The number of likely N-dealkylation sites (tertiary alicyclic amines) is 1. The van der Waals surface area contributed by atoms with Crippen LogP contribution in [0.1, 0.15) is 27.5 Å². The molecule has 1 amide bonds. The second-order valence-corrected chi connectivity index (χ2v) is 11.4. The van der Waals surface area contributed by atoms with Gasteiger partial charge in [-0.05, 0) is 19.2 Å². The molecule has 10 nitrogen and oxygen atoms in total. The number of fused-ring (bicyclic) bond motifs is 3. The summed E-state index contributed by atoms with van der Waals surface area (Å²) in [5.41, 5.74) is 2.04. The molecule has 0 aliphatic carbocycles. The third-order valence-electron chi connectivity index (χ3n) is 6.66. The van der Waals surface area contributed by atoms with Crippen molar-refractivity contribution >= 4 is 27.7 Å². The number of piperazine rings is 1. The molecule has 37 heavy (non-hydrogen) atoms. The number of carboxylic acids is 1. The third-order valence-corrected chi connectivity index (χ3v) is 8.77. The molecule has 1 aromatic carbocycles. The van der Waals surface area contributed by atoms with E-state index in [9.17, 15) is 26.4 Å². The minimum Gasteiger partial charge on any atom is -0.475 e. The van der Waals surface area contributed by atoms with Crippen LogP contribution in [0.15, 0.2) is 36.5 Å². The number of alkyl halides is 3. The van der Waals surface area contributed by atoms with Crippen molar-refractivity contribution in [3.63, 3.8) is 0 Å². The van der Waals surface area contributed by atoms with Gasteiger partial charge < -0.3 is 19.8 Å². The Balaban J connectivity index is 0.000000405. The fourth-order valence-electron chi connectivity index (χ4n) is 4.65. The molecule has 1 aromatic heterocycles. The quantitative estimate of drug-likeness (QED) is 0.601. The number of sulfone groups is 1. The number of aliphatic carboxylic acids is 1. The summed E-state index contributed by atoms with van der Waals surface area (Å²) in [6, 6.07) is 9.02. The maximum atomic E-state index is 12.9. The lowest BCUT2D eigenvalue weighted by Crippen LogP contribution is -2.45. The SMILES string of the molecule is CN1CCN(c2ncc3c(n2)[C@H]2CN(C(=O)c4ccccc4)C[C@H]2S(=O)(=O)C3)CC1.O=C(O)C(F)(F)F. The predicted molar refractivity (Wildman–Crippen MR) is 127 cm³/mol. The van der Waals surface area contributed by atoms with E-state index in [-0.39, 0.29) is 24.1 Å². The smallest absolute Gasteiger partial charge is 0.475 e. The molecule has 0 unspecified atom stereocenters. The number of carbonyl (C=O) groups is 2. The van der Waals surface area contributed by atoms with Gasteiger partial charge >= 0.3 is 12.1 Å². The highest BCUT2D eigenvalue weighted by Crippen LogP contribution is 2.40. The Morgan fingerprint density at radius 3 is 2.27 bits per heavy atom. The van der Waals surface area contributed by atoms with E-state index in [1.165, 1.54) is 0 Å². The molecular weight excluding hydrogens is 515 g/mol. The predicted octanol–water partition coefficient (Wildman–Crippen LogP) is 1.40. The largest absolute Gasteiger partial charge is 0.490 e. The molecule has 5 rings (SSSR count). The van der Waals surface area contributed by atoms with Crippen LogP contribution in [-0.4, -0.2) is 103 Å². The number of amides is 1. The normalized spacial score (nSPS) is 22.9. The van der Waals surface area contributed by atoms with Crippen molar-refractivity contribution < 1.29 is 36.3 Å². The summed E-state index contributed by atoms with van der Waals surface area (Å²) in [7, 11) is -1.27. The molecule has 1 N–H and O–H groups in total. The lowest BCUT2D eigenvalue weighted by Gasteiger charge is -2.33. The molecule has 0 radical (unpaired) electrons. The number of carbonyl (C=O) groups excluding carboxylic acids is 1. The first-order valence-electron chi connectivity index (χ1n) is 11.5. The topological polar surface area (TPSA) is 124 Å². The van der Waals surface area contributed by atoms with Crippen molar-refractivity contribution in [3.05, 3.63) is 53.3 Å². The average Bonchev–Trinajstić information content (AvgIpc) is 3.31. The molecule has 2 atom stereocenters. The molecule has 0 bridgehead atoms. The number of hydrogen-bond donors (Lipinski definition) is 1. The number of likely N-dealkylation sites (N-methyl/N-ethyl adjacent to an activating group) is 1. The van der Waals surface area contributed by atoms with Crippen LogP contribution < -0.4 is 4.90 Å². The lowest BCUT2D eigenvalue weighted by atomic mass is 10.00. The van der Waals surface area contributed by atoms with Gasteiger partial charge in [0.15, 0.2) is 9.84 Å². The van der Waals surface area contributed by atoms with E-state index < -0.39 is 27.2 Å². The number of hydrogen-bond acceptors (Lipinski definition) is 8. The number of aromatic nitrogens is 2. The Labute approximate surface area is 211 Å². The maximum absolute atomic E-state index is 12.9. The van der Waals surface area contributed by atoms with Crippen LogP contribution in [0.4, 0.5) is 19.1 Å². The maximum Gasteiger partial charge on any atom is 0.490 e. The monoisotopic (exact) mass is 541 g/mol. The molecular formula is C23H26F3N5O5S. The first kappa shape index (κ1) is 26.8. The Morgan fingerprint density at radius 1 is 1.05 bits per heavy atom. The van der Waals surface area contributed by atoms with Crippen LogP contribution in [0.25, 0.3) is 0 Å². The highest BCUT2D eigenvalue weighted by atomic mass is 32.2. The third kappa shape index (κ3) is 5.85. The minimum absolute atomic E-state index is 0.0557. The fraction of sp³-hybridized carbons (Fsp3) is 0.478. The van der Waals surface area contributed by atoms with Crippen LogP contribution >= 0.6 is 0 Å². The second-order valence-electron chi connectivity index (χ2n) is 9.20. The van der Waals surface area contributed by atoms with Crippen LogP contribution in [0.2, 0.25) is 0 Å². The molecule has 4 heterocycles. The van der Waals surface area contributed by atoms with Crippen LogP contribution in [-0.2, 0) is 20.4 Å². The summed E-state index contributed by atoms with van der Waals surface area (Å²) in [5, 5.41) is 6.52. The molecule has 200 valence electrons. The molecule has 14 heteroatoms. The standard InChI is InChI=1S/C21H25N5O3S.C2HF3O2/c1-24-7-9-25(10-8-24)21-22-11-16-14-30(28,29)18-13-26(12-17(18)19(16)23-21)20(27)15-5-3-2-4-6-15;3-2(4,5)1(6)7/h2-6,11,17-18H,7-10,12-14H2,1H3;(H,6,7)/t17-,18+;/m0./s1. The molecule has 0 spiro atoms. The van der Waals surface area contributed by atoms with Gasteiger partial charge in [-0.3, -0.25) is 4.79 Å². The number of benzene rings is 1. The zero-order valence-corrected chi connectivity index (χ0v) is 20.7. The Hall–Kier alpha value is -3.26. The summed E-state index contributed by atoms with van der Waals surface area (Å²) in [6.07, 6.45) is -3.41. The number of carboxylic acid groups (broad SMARTS) is 1. The molecule has 3 aliphatic rings. The van der Waals surface area contributed by atoms with Gasteiger partial charge in [0.1, 0.15) is 0 Å². The lowest BCUT2D eigenvalue weighted by molar-refractivity contribution is -0.192. The molecule has 2 fully saturated rings. The van der Waals surface area contributed by atoms with E-state index in [1.807, 2.05) is 18.2 Å². The molecule has 2 aromatic rings. The van der Waals surface area contributed by atoms with Crippen molar-refractivity contribution in [1.29, 1.82) is 0 Å². The van der Waals surface area contributed by atoms with Gasteiger partial charge in [-0.15, -0.1) is 0 Å². The first-order valence-corrected chi connectivity index (χ1v) is 13.2. The van der Waals surface area contributed by atoms with E-state index in [2.05, 4.69) is 21.8 Å². The van der Waals surface area contributed by atoms with E-state index in [0.29, 0.717) is 23.6 Å². The summed E-state index contributed by atoms with van der Waals surface area (Å²) in [4.78, 5) is 37.2. The summed E-state index contributed by atoms with van der Waals surface area (Å²) in [6.45, 7) is 4.17. The van der Waals surface area contributed by atoms with Crippen LogP contribution in [0.5, 0.6) is 0 Å². The van der Waals surface area contributed by atoms with Crippen molar-refractivity contribution in [1.82, 2.24) is 19.8 Å². The zero-order chi connectivity index (χ0) is 27.0. The summed E-state index contributed by atoms with van der Waals surface area (Å²) >= 11 is 0. The molecule has 0 saturated carbocycles. The fourth-order valence-corrected chi connectivity index (χ4v) is 6.65. The van der Waals surface area contributed by atoms with Crippen LogP contribution in [0.3, 0.4) is 0 Å². The highest BCUT2D eigenvalue weighted by molar-refractivity contribution is 7.91. The summed E-state index contributed by atoms with van der Waals surface area (Å²) < 4.78 is 57.6. The van der Waals surface area contributed by atoms with E-state index in [4.69, 9.17) is 14.9 Å². The van der Waals surface area contributed by atoms with E-state index in [0.717, 1.165) is 31.9 Å². The molecule has 2 saturated heterocycles. The number of halogens is 3. The van der Waals surface area contributed by atoms with Gasteiger partial charge in [-0.1, -0.05) is 18.2 Å². The van der Waals surface area contributed by atoms with Crippen molar-refractivity contribution in [2.24, 2.45) is 0 Å². The number of rotatable bonds is 2. The molecule has 3 aliphatic heterocycles. The average molecular weight is 542 g/mol. The van der Waals surface area contributed by atoms with Crippen molar-refractivity contribution in [3.8, 4) is 0 Å². The zero-order valence-electron chi connectivity index (χ0n) is 19.9. The van der Waals surface area contributed by atoms with E-state index >= 15 is 0 Å². The second kappa shape index (κ2) is 10.2. The Bertz CT molecular complexity index is 1270. The van der Waals surface area contributed by atoms with Gasteiger partial charge in [0, 0.05) is 62.5 Å². The van der Waals surface area contributed by atoms with Gasteiger partial charge in [-0.2, -0.15) is 13.2 Å². The van der Waals surface area contributed by atoms with Gasteiger partial charge in [0.25, 0.3) is 5.91 Å².